The van der Waals surface area contributed by atoms with Gasteiger partial charge in [-0.3, -0.25) is 9.69 Å². The van der Waals surface area contributed by atoms with Gasteiger partial charge in [0.05, 0.1) is 0 Å². The van der Waals surface area contributed by atoms with Crippen LogP contribution in [-0.4, -0.2) is 44.5 Å². The molecule has 1 atom stereocenters. The third-order valence-electron chi connectivity index (χ3n) is 3.65. The highest BCUT2D eigenvalue weighted by Crippen LogP contribution is 2.27. The fraction of sp³-hybridized carbons (Fsp3) is 0.667. The maximum absolute atomic E-state index is 12.2. The zero-order valence-corrected chi connectivity index (χ0v) is 10.8. The molecule has 1 aromatic rings. The molecule has 0 unspecified atom stereocenters. The van der Waals surface area contributed by atoms with Crippen LogP contribution in [0.2, 0.25) is 0 Å². The highest BCUT2D eigenvalue weighted by atomic mass is 16.5. The Hall–Kier alpha value is -1.92. The first kappa shape index (κ1) is 12.1. The number of rotatable bonds is 3. The smallest absolute Gasteiger partial charge is 0.327 e. The van der Waals surface area contributed by atoms with Gasteiger partial charge >= 0.3 is 6.03 Å². The molecule has 19 heavy (non-hydrogen) atoms. The van der Waals surface area contributed by atoms with Gasteiger partial charge in [0.25, 0.3) is 5.91 Å². The van der Waals surface area contributed by atoms with Gasteiger partial charge in [-0.1, -0.05) is 12.1 Å². The molecule has 0 aliphatic carbocycles. The number of aromatic nitrogens is 2. The van der Waals surface area contributed by atoms with Crippen molar-refractivity contribution in [1.29, 1.82) is 0 Å². The number of carbonyl (C=O) groups excluding carboxylic acids is 2. The van der Waals surface area contributed by atoms with Crippen molar-refractivity contribution in [3.63, 3.8) is 0 Å². The molecule has 0 radical (unpaired) electrons. The Morgan fingerprint density at radius 1 is 1.37 bits per heavy atom. The molecule has 0 aromatic carbocycles. The van der Waals surface area contributed by atoms with Crippen molar-refractivity contribution in [2.24, 2.45) is 0 Å². The van der Waals surface area contributed by atoms with E-state index >= 15 is 0 Å². The maximum atomic E-state index is 12.2. The molecule has 2 aliphatic heterocycles. The molecule has 7 heteroatoms. The van der Waals surface area contributed by atoms with Gasteiger partial charge in [0.1, 0.15) is 12.6 Å². The standard InChI is InChI=1S/C12H16N4O3/c1-2-9-13-10(19-14-9)7-16-11(17)8-5-3-4-6-15(8)12(16)18/h8H,2-7H2,1H3/t8-/m1/s1. The number of hydrogen-bond acceptors (Lipinski definition) is 5. The van der Waals surface area contributed by atoms with E-state index in [1.54, 1.807) is 4.90 Å². The van der Waals surface area contributed by atoms with Gasteiger partial charge in [0, 0.05) is 13.0 Å². The van der Waals surface area contributed by atoms with Crippen molar-refractivity contribution in [1.82, 2.24) is 19.9 Å². The SMILES string of the molecule is CCc1noc(CN2C(=O)[C@H]3CCCCN3C2=O)n1. The van der Waals surface area contributed by atoms with E-state index in [2.05, 4.69) is 10.1 Å². The molecule has 0 saturated carbocycles. The van der Waals surface area contributed by atoms with Crippen molar-refractivity contribution >= 4 is 11.9 Å². The molecular formula is C12H16N4O3. The van der Waals surface area contributed by atoms with Crippen molar-refractivity contribution in [3.8, 4) is 0 Å². The lowest BCUT2D eigenvalue weighted by Gasteiger charge is -2.25. The molecule has 1 aromatic heterocycles. The van der Waals surface area contributed by atoms with Crippen LogP contribution in [0.4, 0.5) is 4.79 Å². The fourth-order valence-electron chi connectivity index (χ4n) is 2.63. The Bertz CT molecular complexity index is 489. The normalized spacial score (nSPS) is 23.1. The third kappa shape index (κ3) is 1.98. The predicted octanol–water partition coefficient (Wildman–Crippen LogP) is 0.949. The van der Waals surface area contributed by atoms with Crippen LogP contribution in [0.3, 0.4) is 0 Å². The van der Waals surface area contributed by atoms with Crippen LogP contribution >= 0.6 is 0 Å². The van der Waals surface area contributed by atoms with Gasteiger partial charge in [-0.15, -0.1) is 0 Å². The van der Waals surface area contributed by atoms with Crippen molar-refractivity contribution in [2.75, 3.05) is 6.54 Å². The molecule has 2 fully saturated rings. The Morgan fingerprint density at radius 2 is 2.21 bits per heavy atom. The number of imide groups is 1. The summed E-state index contributed by atoms with van der Waals surface area (Å²) < 4.78 is 5.04. The molecule has 102 valence electrons. The minimum Gasteiger partial charge on any atom is -0.337 e. The molecule has 3 heterocycles. The van der Waals surface area contributed by atoms with Gasteiger partial charge in [-0.2, -0.15) is 4.98 Å². The Balaban J connectivity index is 1.77. The van der Waals surface area contributed by atoms with Gasteiger partial charge < -0.3 is 9.42 Å². The van der Waals surface area contributed by atoms with Crippen LogP contribution in [0.5, 0.6) is 0 Å². The second-order valence-electron chi connectivity index (χ2n) is 4.87. The van der Waals surface area contributed by atoms with Crippen LogP contribution in [-0.2, 0) is 17.8 Å². The van der Waals surface area contributed by atoms with Crippen LogP contribution in [0, 0.1) is 0 Å². The molecule has 0 spiro atoms. The van der Waals surface area contributed by atoms with Crippen LogP contribution in [0.15, 0.2) is 4.52 Å². The van der Waals surface area contributed by atoms with E-state index in [1.807, 2.05) is 6.92 Å². The molecule has 0 bridgehead atoms. The van der Waals surface area contributed by atoms with Crippen LogP contribution in [0.1, 0.15) is 37.9 Å². The third-order valence-corrected chi connectivity index (χ3v) is 3.65. The summed E-state index contributed by atoms with van der Waals surface area (Å²) in [6, 6.07) is -0.513. The molecular weight excluding hydrogens is 248 g/mol. The van der Waals surface area contributed by atoms with E-state index in [9.17, 15) is 9.59 Å². The summed E-state index contributed by atoms with van der Waals surface area (Å²) in [4.78, 5) is 31.4. The summed E-state index contributed by atoms with van der Waals surface area (Å²) in [7, 11) is 0. The Labute approximate surface area is 110 Å². The summed E-state index contributed by atoms with van der Waals surface area (Å²) in [6.45, 7) is 2.66. The highest BCUT2D eigenvalue weighted by molar-refractivity contribution is 6.04. The molecule has 7 nitrogen and oxygen atoms in total. The zero-order chi connectivity index (χ0) is 13.4. The number of fused-ring (bicyclic) bond motifs is 1. The topological polar surface area (TPSA) is 79.5 Å². The average molecular weight is 264 g/mol. The monoisotopic (exact) mass is 264 g/mol. The first-order chi connectivity index (χ1) is 9.20. The van der Waals surface area contributed by atoms with Gasteiger partial charge in [-0.25, -0.2) is 4.79 Å². The zero-order valence-electron chi connectivity index (χ0n) is 10.8. The second-order valence-corrected chi connectivity index (χ2v) is 4.87. The number of urea groups is 1. The first-order valence-electron chi connectivity index (χ1n) is 6.64. The predicted molar refractivity (Wildman–Crippen MR) is 64.0 cm³/mol. The number of aryl methyl sites for hydroxylation is 1. The van der Waals surface area contributed by atoms with E-state index < -0.39 is 0 Å². The maximum Gasteiger partial charge on any atom is 0.327 e. The Morgan fingerprint density at radius 3 is 2.89 bits per heavy atom. The van der Waals surface area contributed by atoms with E-state index in [1.165, 1.54) is 4.90 Å². The number of piperidine rings is 1. The highest BCUT2D eigenvalue weighted by Gasteiger charge is 2.46. The minimum atomic E-state index is -0.283. The lowest BCUT2D eigenvalue weighted by atomic mass is 10.0. The number of nitrogens with zero attached hydrogens (tertiary/aromatic N) is 4. The molecule has 0 N–H and O–H groups in total. The van der Waals surface area contributed by atoms with Crippen molar-refractivity contribution in [3.05, 3.63) is 11.7 Å². The average Bonchev–Trinajstić information content (AvgIpc) is 2.99. The van der Waals surface area contributed by atoms with Gasteiger partial charge in [0.15, 0.2) is 5.82 Å². The fourth-order valence-corrected chi connectivity index (χ4v) is 2.63. The lowest BCUT2D eigenvalue weighted by Crippen LogP contribution is -2.38. The quantitative estimate of drug-likeness (QED) is 0.759. The summed E-state index contributed by atoms with van der Waals surface area (Å²) in [5.74, 6) is 0.770. The number of carbonyl (C=O) groups is 2. The minimum absolute atomic E-state index is 0.0810. The van der Waals surface area contributed by atoms with Crippen molar-refractivity contribution < 1.29 is 14.1 Å². The second kappa shape index (κ2) is 4.64. The van der Waals surface area contributed by atoms with Gasteiger partial charge in [0.2, 0.25) is 5.89 Å². The van der Waals surface area contributed by atoms with E-state index in [0.717, 1.165) is 19.3 Å². The van der Waals surface area contributed by atoms with Crippen LogP contribution < -0.4 is 0 Å². The molecule has 3 rings (SSSR count). The summed E-state index contributed by atoms with van der Waals surface area (Å²) in [5, 5.41) is 3.77. The van der Waals surface area contributed by atoms with Crippen molar-refractivity contribution in [2.45, 2.75) is 45.2 Å². The largest absolute Gasteiger partial charge is 0.337 e. The van der Waals surface area contributed by atoms with E-state index in [-0.39, 0.29) is 24.5 Å². The lowest BCUT2D eigenvalue weighted by molar-refractivity contribution is -0.129. The van der Waals surface area contributed by atoms with Crippen LogP contribution in [0.25, 0.3) is 0 Å². The van der Waals surface area contributed by atoms with E-state index in [0.29, 0.717) is 24.7 Å². The number of amides is 3. The molecule has 2 saturated heterocycles. The molecule has 3 amide bonds. The van der Waals surface area contributed by atoms with Gasteiger partial charge in [-0.05, 0) is 19.3 Å². The molecule has 2 aliphatic rings. The summed E-state index contributed by atoms with van der Waals surface area (Å²) in [5.41, 5.74) is 0. The number of hydrogen-bond donors (Lipinski definition) is 0. The van der Waals surface area contributed by atoms with E-state index in [4.69, 9.17) is 4.52 Å². The summed E-state index contributed by atoms with van der Waals surface area (Å²) >= 11 is 0. The summed E-state index contributed by atoms with van der Waals surface area (Å²) in [6.07, 6.45) is 3.38. The first-order valence-corrected chi connectivity index (χ1v) is 6.64. The Kier molecular flexibility index (Phi) is 2.96.